The SMILES string of the molecule is Cc1nn(C)c(C)c1C(=O)N1CCC(C)C(N)C1. The number of aryl methyl sites for hydroxylation is 2. The van der Waals surface area contributed by atoms with Crippen molar-refractivity contribution in [2.75, 3.05) is 13.1 Å². The summed E-state index contributed by atoms with van der Waals surface area (Å²) in [6, 6.07) is 0.0833. The minimum absolute atomic E-state index is 0.0699. The molecule has 2 unspecified atom stereocenters. The molecule has 1 amide bonds. The highest BCUT2D eigenvalue weighted by atomic mass is 16.2. The molecule has 1 aliphatic rings. The molecule has 0 aliphatic carbocycles. The number of nitrogens with two attached hydrogens (primary N) is 1. The molecule has 1 aromatic heterocycles. The van der Waals surface area contributed by atoms with Crippen molar-refractivity contribution in [3.05, 3.63) is 17.0 Å². The third kappa shape index (κ3) is 2.14. The summed E-state index contributed by atoms with van der Waals surface area (Å²) >= 11 is 0. The van der Waals surface area contributed by atoms with E-state index in [1.165, 1.54) is 0 Å². The molecule has 2 atom stereocenters. The molecule has 1 saturated heterocycles. The van der Waals surface area contributed by atoms with Crippen molar-refractivity contribution in [1.82, 2.24) is 14.7 Å². The first-order valence-electron chi connectivity index (χ1n) is 6.47. The van der Waals surface area contributed by atoms with Crippen molar-refractivity contribution in [3.8, 4) is 0 Å². The van der Waals surface area contributed by atoms with Gasteiger partial charge in [-0.2, -0.15) is 5.10 Å². The summed E-state index contributed by atoms with van der Waals surface area (Å²) in [6.45, 7) is 7.40. The number of hydrogen-bond acceptors (Lipinski definition) is 3. The van der Waals surface area contributed by atoms with Gasteiger partial charge in [-0.25, -0.2) is 0 Å². The molecule has 2 rings (SSSR count). The van der Waals surface area contributed by atoms with Crippen molar-refractivity contribution >= 4 is 5.91 Å². The highest BCUT2D eigenvalue weighted by molar-refractivity contribution is 5.96. The predicted molar refractivity (Wildman–Crippen MR) is 70.3 cm³/mol. The Bertz CT molecular complexity index is 466. The maximum atomic E-state index is 12.5. The summed E-state index contributed by atoms with van der Waals surface area (Å²) in [5.74, 6) is 0.561. The van der Waals surface area contributed by atoms with Gasteiger partial charge in [0.1, 0.15) is 0 Å². The lowest BCUT2D eigenvalue weighted by Gasteiger charge is -2.35. The maximum absolute atomic E-state index is 12.5. The molecule has 0 aromatic carbocycles. The van der Waals surface area contributed by atoms with Gasteiger partial charge in [-0.15, -0.1) is 0 Å². The van der Waals surface area contributed by atoms with Crippen molar-refractivity contribution in [2.45, 2.75) is 33.2 Å². The Morgan fingerprint density at radius 3 is 2.61 bits per heavy atom. The average molecular weight is 250 g/mol. The number of piperidine rings is 1. The van der Waals surface area contributed by atoms with Crippen LogP contribution in [0.5, 0.6) is 0 Å². The van der Waals surface area contributed by atoms with E-state index in [0.717, 1.165) is 29.9 Å². The normalized spacial score (nSPS) is 24.4. The lowest BCUT2D eigenvalue weighted by molar-refractivity contribution is 0.0671. The Morgan fingerprint density at radius 1 is 1.44 bits per heavy atom. The van der Waals surface area contributed by atoms with Crippen LogP contribution in [0.15, 0.2) is 0 Å². The van der Waals surface area contributed by atoms with Gasteiger partial charge in [0.25, 0.3) is 5.91 Å². The molecule has 0 spiro atoms. The fraction of sp³-hybridized carbons (Fsp3) is 0.692. The number of aromatic nitrogens is 2. The van der Waals surface area contributed by atoms with E-state index < -0.39 is 0 Å². The quantitative estimate of drug-likeness (QED) is 0.803. The molecular weight excluding hydrogens is 228 g/mol. The van der Waals surface area contributed by atoms with E-state index in [-0.39, 0.29) is 11.9 Å². The van der Waals surface area contributed by atoms with E-state index >= 15 is 0 Å². The average Bonchev–Trinajstić information content (AvgIpc) is 2.56. The number of nitrogens with zero attached hydrogens (tertiary/aromatic N) is 3. The van der Waals surface area contributed by atoms with Crippen LogP contribution in [0.25, 0.3) is 0 Å². The van der Waals surface area contributed by atoms with Crippen LogP contribution >= 0.6 is 0 Å². The highest BCUT2D eigenvalue weighted by Gasteiger charge is 2.29. The van der Waals surface area contributed by atoms with Gasteiger partial charge in [-0.3, -0.25) is 9.48 Å². The zero-order chi connectivity index (χ0) is 13.4. The summed E-state index contributed by atoms with van der Waals surface area (Å²) in [7, 11) is 1.86. The predicted octanol–water partition coefficient (Wildman–Crippen LogP) is 0.846. The minimum Gasteiger partial charge on any atom is -0.337 e. The Balaban J connectivity index is 2.21. The van der Waals surface area contributed by atoms with Crippen LogP contribution in [0.4, 0.5) is 0 Å². The molecule has 18 heavy (non-hydrogen) atoms. The van der Waals surface area contributed by atoms with Crippen molar-refractivity contribution in [3.63, 3.8) is 0 Å². The first-order valence-corrected chi connectivity index (χ1v) is 6.47. The largest absolute Gasteiger partial charge is 0.337 e. The van der Waals surface area contributed by atoms with Gasteiger partial charge in [0.05, 0.1) is 11.3 Å². The van der Waals surface area contributed by atoms with Gasteiger partial charge in [0, 0.05) is 31.9 Å². The number of carbonyl (C=O) groups is 1. The summed E-state index contributed by atoms with van der Waals surface area (Å²) in [4.78, 5) is 14.4. The number of amides is 1. The molecule has 0 bridgehead atoms. The van der Waals surface area contributed by atoms with Gasteiger partial charge >= 0.3 is 0 Å². The second-order valence-electron chi connectivity index (χ2n) is 5.35. The Morgan fingerprint density at radius 2 is 2.11 bits per heavy atom. The van der Waals surface area contributed by atoms with Gasteiger partial charge in [0.15, 0.2) is 0 Å². The van der Waals surface area contributed by atoms with E-state index in [9.17, 15) is 4.79 Å². The third-order valence-corrected chi connectivity index (χ3v) is 4.03. The Hall–Kier alpha value is -1.36. The van der Waals surface area contributed by atoms with Crippen LogP contribution in [0.3, 0.4) is 0 Å². The van der Waals surface area contributed by atoms with Crippen LogP contribution in [0.2, 0.25) is 0 Å². The molecule has 2 N–H and O–H groups in total. The van der Waals surface area contributed by atoms with Gasteiger partial charge in [-0.05, 0) is 26.2 Å². The maximum Gasteiger partial charge on any atom is 0.257 e. The molecule has 100 valence electrons. The molecule has 0 radical (unpaired) electrons. The third-order valence-electron chi connectivity index (χ3n) is 4.03. The number of hydrogen-bond donors (Lipinski definition) is 1. The van der Waals surface area contributed by atoms with Crippen molar-refractivity contribution in [2.24, 2.45) is 18.7 Å². The molecular formula is C13H22N4O. The fourth-order valence-electron chi connectivity index (χ4n) is 2.52. The van der Waals surface area contributed by atoms with Crippen LogP contribution in [0.1, 0.15) is 35.1 Å². The van der Waals surface area contributed by atoms with Crippen LogP contribution in [-0.2, 0) is 7.05 Å². The van der Waals surface area contributed by atoms with Crippen LogP contribution in [0, 0.1) is 19.8 Å². The molecule has 1 aliphatic heterocycles. The standard InChI is InChI=1S/C13H22N4O/c1-8-5-6-17(7-11(8)14)13(18)12-9(2)15-16(4)10(12)3/h8,11H,5-7,14H2,1-4H3. The first-order chi connectivity index (χ1) is 8.41. The number of carbonyl (C=O) groups excluding carboxylic acids is 1. The molecule has 2 heterocycles. The zero-order valence-corrected chi connectivity index (χ0v) is 11.6. The Kier molecular flexibility index (Phi) is 3.43. The number of likely N-dealkylation sites (tertiary alicyclic amines) is 1. The molecule has 1 aromatic rings. The monoisotopic (exact) mass is 250 g/mol. The van der Waals surface area contributed by atoms with E-state index in [4.69, 9.17) is 5.73 Å². The Labute approximate surface area is 108 Å². The lowest BCUT2D eigenvalue weighted by Crippen LogP contribution is -2.49. The van der Waals surface area contributed by atoms with Gasteiger partial charge < -0.3 is 10.6 Å². The zero-order valence-electron chi connectivity index (χ0n) is 11.6. The van der Waals surface area contributed by atoms with Crippen molar-refractivity contribution in [1.29, 1.82) is 0 Å². The van der Waals surface area contributed by atoms with Crippen LogP contribution < -0.4 is 5.73 Å². The molecule has 5 nitrogen and oxygen atoms in total. The lowest BCUT2D eigenvalue weighted by atomic mass is 9.94. The summed E-state index contributed by atoms with van der Waals surface area (Å²) in [6.07, 6.45) is 0.977. The second kappa shape index (κ2) is 4.72. The summed E-state index contributed by atoms with van der Waals surface area (Å²) in [5.41, 5.74) is 8.51. The minimum atomic E-state index is 0.0699. The van der Waals surface area contributed by atoms with Crippen LogP contribution in [-0.4, -0.2) is 39.7 Å². The van der Waals surface area contributed by atoms with E-state index in [0.29, 0.717) is 12.5 Å². The first kappa shape index (κ1) is 13.1. The topological polar surface area (TPSA) is 64.2 Å². The molecule has 5 heteroatoms. The smallest absolute Gasteiger partial charge is 0.257 e. The summed E-state index contributed by atoms with van der Waals surface area (Å²) < 4.78 is 1.76. The highest BCUT2D eigenvalue weighted by Crippen LogP contribution is 2.20. The molecule has 1 fully saturated rings. The fourth-order valence-corrected chi connectivity index (χ4v) is 2.52. The van der Waals surface area contributed by atoms with Gasteiger partial charge in [-0.1, -0.05) is 6.92 Å². The van der Waals surface area contributed by atoms with E-state index in [1.807, 2.05) is 25.8 Å². The van der Waals surface area contributed by atoms with E-state index in [1.54, 1.807) is 4.68 Å². The van der Waals surface area contributed by atoms with Crippen molar-refractivity contribution < 1.29 is 4.79 Å². The van der Waals surface area contributed by atoms with Gasteiger partial charge in [0.2, 0.25) is 0 Å². The van der Waals surface area contributed by atoms with E-state index in [2.05, 4.69) is 12.0 Å². The molecule has 0 saturated carbocycles. The number of rotatable bonds is 1. The second-order valence-corrected chi connectivity index (χ2v) is 5.35. The summed E-state index contributed by atoms with van der Waals surface area (Å²) in [5, 5.41) is 4.30.